The van der Waals surface area contributed by atoms with E-state index >= 15 is 0 Å². The van der Waals surface area contributed by atoms with E-state index in [0.29, 0.717) is 0 Å². The average molecular weight is 797 g/mol. The Kier molecular flexibility index (Phi) is 16.1. The Hall–Kier alpha value is -5.83. The molecule has 56 heavy (non-hydrogen) atoms. The van der Waals surface area contributed by atoms with Gasteiger partial charge in [0.1, 0.15) is 48.8 Å². The van der Waals surface area contributed by atoms with E-state index in [-0.39, 0.29) is 11.3 Å². The zero-order valence-electron chi connectivity index (χ0n) is 31.8. The van der Waals surface area contributed by atoms with E-state index in [9.17, 15) is 43.2 Å². The summed E-state index contributed by atoms with van der Waals surface area (Å²) in [5.41, 5.74) is -0.312. The maximum atomic E-state index is 14.0. The van der Waals surface area contributed by atoms with E-state index in [4.69, 9.17) is 47.4 Å². The van der Waals surface area contributed by atoms with Gasteiger partial charge in [0.05, 0.1) is 0 Å². The van der Waals surface area contributed by atoms with Crippen molar-refractivity contribution in [1.82, 2.24) is 10.6 Å². The number of ether oxygens (including phenoxy) is 10. The lowest BCUT2D eigenvalue weighted by Crippen LogP contribution is -2.67. The van der Waals surface area contributed by atoms with E-state index in [1.165, 1.54) is 24.3 Å². The number of hydrogen-bond acceptors (Lipinski definition) is 19. The van der Waals surface area contributed by atoms with Crippen molar-refractivity contribution in [1.29, 1.82) is 0 Å². The summed E-state index contributed by atoms with van der Waals surface area (Å²) in [6.07, 6.45) is -12.1. The number of hydrogen-bond donors (Lipinski definition) is 2. The molecule has 2 aliphatic heterocycles. The molecule has 10 atom stereocenters. The Labute approximate surface area is 320 Å². The second-order valence-electron chi connectivity index (χ2n) is 12.5. The van der Waals surface area contributed by atoms with Crippen LogP contribution in [0.2, 0.25) is 0 Å². The number of esters is 7. The van der Waals surface area contributed by atoms with E-state index < -0.39 is 128 Å². The number of nitrogens with one attached hydrogen (secondary N) is 2. The van der Waals surface area contributed by atoms with Gasteiger partial charge >= 0.3 is 41.8 Å². The summed E-state index contributed by atoms with van der Waals surface area (Å²) in [5, 5.41) is 5.02. The minimum absolute atomic E-state index is 0.255. The van der Waals surface area contributed by atoms with Crippen LogP contribution in [-0.2, 0) is 81.0 Å². The largest absolute Gasteiger partial charge is 0.463 e. The predicted octanol–water partition coefficient (Wildman–Crippen LogP) is -0.466. The summed E-state index contributed by atoms with van der Waals surface area (Å²) in [5.74, 6) is -7.68. The summed E-state index contributed by atoms with van der Waals surface area (Å²) in [6.45, 7) is 7.58. The van der Waals surface area contributed by atoms with Gasteiger partial charge in [-0.1, -0.05) is 12.1 Å². The molecule has 1 aromatic carbocycles. The fourth-order valence-corrected chi connectivity index (χ4v) is 5.81. The van der Waals surface area contributed by atoms with E-state index in [0.717, 1.165) is 55.4 Å². The molecule has 2 aliphatic rings. The molecule has 2 amide bonds. The number of amides is 2. The lowest BCUT2D eigenvalue weighted by atomic mass is 9.96. The van der Waals surface area contributed by atoms with E-state index in [2.05, 4.69) is 10.6 Å². The molecule has 2 N–H and O–H groups in total. The van der Waals surface area contributed by atoms with E-state index in [1.807, 2.05) is 0 Å². The Morgan fingerprint density at radius 3 is 1.32 bits per heavy atom. The fourth-order valence-electron chi connectivity index (χ4n) is 5.81. The van der Waals surface area contributed by atoms with E-state index in [1.54, 1.807) is 0 Å². The molecule has 308 valence electrons. The number of para-hydroxylation sites is 1. The molecule has 0 aliphatic carbocycles. The molecular weight excluding hydrogens is 752 g/mol. The molecule has 0 bridgehead atoms. The number of carbonyl (C=O) groups excluding carboxylic acids is 9. The third-order valence-corrected chi connectivity index (χ3v) is 7.72. The summed E-state index contributed by atoms with van der Waals surface area (Å²) in [4.78, 5) is 111. The lowest BCUT2D eigenvalue weighted by Gasteiger charge is -2.45. The van der Waals surface area contributed by atoms with Crippen LogP contribution in [0, 0.1) is 0 Å². The molecule has 2 heterocycles. The first kappa shape index (κ1) is 44.6. The Morgan fingerprint density at radius 1 is 0.518 bits per heavy atom. The molecule has 0 unspecified atom stereocenters. The van der Waals surface area contributed by atoms with Crippen molar-refractivity contribution in [3.05, 3.63) is 29.8 Å². The molecule has 0 aromatic heterocycles. The summed E-state index contributed by atoms with van der Waals surface area (Å²) in [6, 6.07) is 2.53. The molecule has 1 aromatic rings. The first-order chi connectivity index (χ1) is 26.3. The normalized spacial score (nSPS) is 26.9. The molecule has 21 nitrogen and oxygen atoms in total. The summed E-state index contributed by atoms with van der Waals surface area (Å²) < 4.78 is 55.7. The smallest absolute Gasteiger partial charge is 0.344 e. The van der Waals surface area contributed by atoms with Gasteiger partial charge in [0, 0.05) is 55.4 Å². The van der Waals surface area contributed by atoms with Crippen LogP contribution in [0.15, 0.2) is 24.3 Å². The van der Waals surface area contributed by atoms with Crippen molar-refractivity contribution in [2.45, 2.75) is 117 Å². The quantitative estimate of drug-likeness (QED) is 0.178. The van der Waals surface area contributed by atoms with Gasteiger partial charge in [0.2, 0.25) is 24.4 Å². The van der Waals surface area contributed by atoms with Gasteiger partial charge < -0.3 is 58.0 Å². The standard InChI is InChI=1S/C35H44N2O19/c1-15(38)36-27-31(51-21(7)44)29(49-19(5)42)25(13-47-17(3)40)54-34(27)53-24-12-10-9-11-23(24)33(46)56-35-28(37-16(2)39)32(52-22(8)45)30(50-20(6)43)26(55-35)14-48-18(4)41/h9-12,25-32,34-35H,13-14H2,1-8H3,(H,36,38)(H,37,39)/t25-,26-,27-,28+,29+,30+,31-,32+,34+,35+/m0/s1. The minimum atomic E-state index is -1.79. The second-order valence-corrected chi connectivity index (χ2v) is 12.5. The zero-order chi connectivity index (χ0) is 41.9. The number of rotatable bonds is 14. The highest BCUT2D eigenvalue weighted by molar-refractivity contribution is 5.92. The average Bonchev–Trinajstić information content (AvgIpc) is 3.07. The maximum Gasteiger partial charge on any atom is 0.344 e. The summed E-state index contributed by atoms with van der Waals surface area (Å²) in [7, 11) is 0. The van der Waals surface area contributed by atoms with Crippen LogP contribution in [0.4, 0.5) is 0 Å². The Bertz CT molecular complexity index is 1660. The van der Waals surface area contributed by atoms with Crippen molar-refractivity contribution >= 4 is 53.6 Å². The van der Waals surface area contributed by atoms with Crippen molar-refractivity contribution in [3.63, 3.8) is 0 Å². The highest BCUT2D eigenvalue weighted by atomic mass is 16.7. The minimum Gasteiger partial charge on any atom is -0.463 e. The van der Waals surface area contributed by atoms with Crippen LogP contribution >= 0.6 is 0 Å². The molecule has 21 heteroatoms. The van der Waals surface area contributed by atoms with Crippen LogP contribution in [-0.4, -0.2) is 128 Å². The van der Waals surface area contributed by atoms with Gasteiger partial charge in [0.25, 0.3) is 0 Å². The van der Waals surface area contributed by atoms with Crippen molar-refractivity contribution in [3.8, 4) is 5.75 Å². The lowest BCUT2D eigenvalue weighted by molar-refractivity contribution is -0.264. The maximum absolute atomic E-state index is 14.0. The molecule has 3 rings (SSSR count). The van der Waals surface area contributed by atoms with Crippen LogP contribution in [0.5, 0.6) is 5.75 Å². The fraction of sp³-hybridized carbons (Fsp3) is 0.571. The Morgan fingerprint density at radius 2 is 0.911 bits per heavy atom. The summed E-state index contributed by atoms with van der Waals surface area (Å²) >= 11 is 0. The third kappa shape index (κ3) is 12.9. The van der Waals surface area contributed by atoms with Crippen LogP contribution in [0.1, 0.15) is 65.7 Å². The number of carbonyl (C=O) groups is 9. The number of benzene rings is 1. The molecular formula is C35H44N2O19. The monoisotopic (exact) mass is 796 g/mol. The highest BCUT2D eigenvalue weighted by Gasteiger charge is 2.54. The van der Waals surface area contributed by atoms with Crippen LogP contribution in [0.3, 0.4) is 0 Å². The molecule has 2 saturated heterocycles. The highest BCUT2D eigenvalue weighted by Crippen LogP contribution is 2.33. The van der Waals surface area contributed by atoms with Crippen LogP contribution < -0.4 is 15.4 Å². The zero-order valence-corrected chi connectivity index (χ0v) is 31.8. The topological polar surface area (TPSA) is 270 Å². The van der Waals surface area contributed by atoms with Gasteiger partial charge in [-0.25, -0.2) is 4.79 Å². The van der Waals surface area contributed by atoms with Crippen molar-refractivity contribution in [2.24, 2.45) is 0 Å². The van der Waals surface area contributed by atoms with Gasteiger partial charge in [-0.3, -0.25) is 38.4 Å². The second kappa shape index (κ2) is 20.2. The Balaban J connectivity index is 2.07. The molecule has 0 spiro atoms. The van der Waals surface area contributed by atoms with Crippen LogP contribution in [0.25, 0.3) is 0 Å². The van der Waals surface area contributed by atoms with Gasteiger partial charge in [-0.15, -0.1) is 0 Å². The van der Waals surface area contributed by atoms with Crippen molar-refractivity contribution in [2.75, 3.05) is 13.2 Å². The van der Waals surface area contributed by atoms with Crippen molar-refractivity contribution < 1.29 is 90.5 Å². The molecule has 2 fully saturated rings. The predicted molar refractivity (Wildman–Crippen MR) is 180 cm³/mol. The van der Waals surface area contributed by atoms with Gasteiger partial charge in [-0.2, -0.15) is 0 Å². The van der Waals surface area contributed by atoms with Gasteiger partial charge in [0.15, 0.2) is 24.4 Å². The third-order valence-electron chi connectivity index (χ3n) is 7.72. The molecule has 0 radical (unpaired) electrons. The van der Waals surface area contributed by atoms with Gasteiger partial charge in [-0.05, 0) is 12.1 Å². The first-order valence-electron chi connectivity index (χ1n) is 17.0. The SMILES string of the molecule is CC(=O)N[C@@H]1[C@H](Oc2ccccc2C(=O)O[C@H]2O[C@@H](COC(C)=O)[C@@H](OC(C)=O)[C@H](OC(C)=O)[C@H]2NC(C)=O)O[C@@H](COC(C)=O)[C@@H](OC(C)=O)[C@H]1OC(C)=O. The molecule has 0 saturated carbocycles. The first-order valence-corrected chi connectivity index (χ1v) is 17.0.